The van der Waals surface area contributed by atoms with Gasteiger partial charge in [0.15, 0.2) is 0 Å². The summed E-state index contributed by atoms with van der Waals surface area (Å²) in [6.07, 6.45) is -4.05. The number of halogens is 5. The van der Waals surface area contributed by atoms with Crippen LogP contribution < -0.4 is 10.1 Å². The molecule has 0 aliphatic carbocycles. The first-order valence-corrected chi connectivity index (χ1v) is 8.37. The highest BCUT2D eigenvalue weighted by Crippen LogP contribution is 2.38. The van der Waals surface area contributed by atoms with Gasteiger partial charge in [-0.3, -0.25) is 0 Å². The number of nitrogens with one attached hydrogen (secondary N) is 1. The summed E-state index contributed by atoms with van der Waals surface area (Å²) in [6, 6.07) is 9.47. The predicted octanol–water partition coefficient (Wildman–Crippen LogP) is 5.20. The van der Waals surface area contributed by atoms with Crippen LogP contribution in [-0.2, 0) is 6.42 Å². The molecule has 0 saturated heterocycles. The molecule has 140 valence electrons. The van der Waals surface area contributed by atoms with E-state index in [1.54, 1.807) is 10.7 Å². The van der Waals surface area contributed by atoms with E-state index in [0.29, 0.717) is 29.9 Å². The Labute approximate surface area is 156 Å². The molecule has 0 bridgehead atoms. The van der Waals surface area contributed by atoms with Gasteiger partial charge in [-0.25, -0.2) is 9.07 Å². The van der Waals surface area contributed by atoms with Crippen molar-refractivity contribution < 1.29 is 22.3 Å². The maximum Gasteiger partial charge on any atom is 0.573 e. The van der Waals surface area contributed by atoms with Gasteiger partial charge >= 0.3 is 6.36 Å². The minimum atomic E-state index is -4.75. The molecule has 1 aliphatic heterocycles. The molecule has 27 heavy (non-hydrogen) atoms. The Morgan fingerprint density at radius 1 is 1.11 bits per heavy atom. The quantitative estimate of drug-likeness (QED) is 0.617. The number of rotatable bonds is 3. The van der Waals surface area contributed by atoms with Gasteiger partial charge in [0, 0.05) is 17.7 Å². The van der Waals surface area contributed by atoms with Crippen molar-refractivity contribution in [3.63, 3.8) is 0 Å². The van der Waals surface area contributed by atoms with E-state index in [1.807, 2.05) is 0 Å². The van der Waals surface area contributed by atoms with Gasteiger partial charge in [0.05, 0.1) is 16.4 Å². The highest BCUT2D eigenvalue weighted by atomic mass is 35.5. The van der Waals surface area contributed by atoms with E-state index in [4.69, 9.17) is 11.6 Å². The van der Waals surface area contributed by atoms with Gasteiger partial charge in [-0.2, -0.15) is 5.10 Å². The SMILES string of the molecule is Fc1ccc(-c2nn(-c3ccc(OC(F)(F)F)cc3)c3c2CCN3)c(Cl)c1. The zero-order valence-electron chi connectivity index (χ0n) is 13.6. The highest BCUT2D eigenvalue weighted by Gasteiger charge is 2.31. The number of nitrogens with zero attached hydrogens (tertiary/aromatic N) is 2. The number of benzene rings is 2. The van der Waals surface area contributed by atoms with Crippen molar-refractivity contribution in [1.29, 1.82) is 0 Å². The van der Waals surface area contributed by atoms with E-state index in [1.165, 1.54) is 36.4 Å². The summed E-state index contributed by atoms with van der Waals surface area (Å²) in [5, 5.41) is 8.00. The van der Waals surface area contributed by atoms with Crippen molar-refractivity contribution in [2.45, 2.75) is 12.8 Å². The van der Waals surface area contributed by atoms with E-state index >= 15 is 0 Å². The van der Waals surface area contributed by atoms with Gasteiger partial charge in [0.25, 0.3) is 0 Å². The molecule has 0 radical (unpaired) electrons. The number of hydrogen-bond donors (Lipinski definition) is 1. The van der Waals surface area contributed by atoms with Gasteiger partial charge in [-0.15, -0.1) is 13.2 Å². The van der Waals surface area contributed by atoms with Crippen LogP contribution in [0.25, 0.3) is 16.9 Å². The van der Waals surface area contributed by atoms with E-state index < -0.39 is 12.2 Å². The Bertz CT molecular complexity index is 999. The van der Waals surface area contributed by atoms with Crippen LogP contribution in [0.15, 0.2) is 42.5 Å². The molecule has 1 aliphatic rings. The molecule has 0 amide bonds. The second-order valence-corrected chi connectivity index (χ2v) is 6.34. The van der Waals surface area contributed by atoms with Crippen LogP contribution >= 0.6 is 11.6 Å². The van der Waals surface area contributed by atoms with Crippen LogP contribution in [0, 0.1) is 5.82 Å². The summed E-state index contributed by atoms with van der Waals surface area (Å²) in [5.74, 6) is -0.0297. The van der Waals surface area contributed by atoms with E-state index in [-0.39, 0.29) is 10.8 Å². The minimum Gasteiger partial charge on any atom is -0.406 e. The zero-order valence-corrected chi connectivity index (χ0v) is 14.4. The lowest BCUT2D eigenvalue weighted by Gasteiger charge is -2.10. The van der Waals surface area contributed by atoms with Crippen molar-refractivity contribution >= 4 is 17.4 Å². The molecule has 2 heterocycles. The van der Waals surface area contributed by atoms with Crippen molar-refractivity contribution in [1.82, 2.24) is 9.78 Å². The average Bonchev–Trinajstić information content (AvgIpc) is 3.17. The number of aromatic nitrogens is 2. The molecule has 0 spiro atoms. The maximum absolute atomic E-state index is 13.3. The zero-order chi connectivity index (χ0) is 19.2. The Balaban J connectivity index is 1.75. The van der Waals surface area contributed by atoms with E-state index in [9.17, 15) is 17.6 Å². The standard InChI is InChI=1S/C18H12ClF4N3O/c19-15-9-10(20)1-6-13(15)16-14-7-8-24-17(14)26(25-16)11-2-4-12(5-3-11)27-18(21,22)23/h1-6,9,24H,7-8H2. The Kier molecular flexibility index (Phi) is 4.22. The van der Waals surface area contributed by atoms with Crippen LogP contribution in [0.4, 0.5) is 23.4 Å². The molecule has 9 heteroatoms. The summed E-state index contributed by atoms with van der Waals surface area (Å²) >= 11 is 6.17. The van der Waals surface area contributed by atoms with E-state index in [2.05, 4.69) is 15.2 Å². The first kappa shape index (κ1) is 17.7. The number of alkyl halides is 3. The molecule has 1 aromatic heterocycles. The fourth-order valence-electron chi connectivity index (χ4n) is 3.05. The first-order valence-electron chi connectivity index (χ1n) is 7.99. The normalized spacial score (nSPS) is 13.4. The molecule has 2 aromatic carbocycles. The first-order chi connectivity index (χ1) is 12.8. The number of anilines is 1. The fourth-order valence-corrected chi connectivity index (χ4v) is 3.31. The third kappa shape index (κ3) is 3.44. The molecular weight excluding hydrogens is 386 g/mol. The molecule has 0 fully saturated rings. The minimum absolute atomic E-state index is 0.239. The molecule has 3 aromatic rings. The summed E-state index contributed by atoms with van der Waals surface area (Å²) in [6.45, 7) is 0.689. The van der Waals surface area contributed by atoms with Crippen molar-refractivity contribution in [3.8, 4) is 22.7 Å². The van der Waals surface area contributed by atoms with Crippen LogP contribution in [0.1, 0.15) is 5.56 Å². The summed E-state index contributed by atoms with van der Waals surface area (Å²) < 4.78 is 55.8. The third-order valence-corrected chi connectivity index (χ3v) is 4.46. The van der Waals surface area contributed by atoms with Gasteiger partial charge < -0.3 is 10.1 Å². The van der Waals surface area contributed by atoms with Crippen LogP contribution in [0.2, 0.25) is 5.02 Å². The van der Waals surface area contributed by atoms with Crippen LogP contribution in [0.5, 0.6) is 5.75 Å². The molecular formula is C18H12ClF4N3O. The monoisotopic (exact) mass is 397 g/mol. The largest absolute Gasteiger partial charge is 0.573 e. The highest BCUT2D eigenvalue weighted by molar-refractivity contribution is 6.33. The van der Waals surface area contributed by atoms with Crippen LogP contribution in [0.3, 0.4) is 0 Å². The molecule has 0 atom stereocenters. The number of hydrogen-bond acceptors (Lipinski definition) is 3. The molecule has 4 nitrogen and oxygen atoms in total. The second kappa shape index (κ2) is 6.45. The van der Waals surface area contributed by atoms with Crippen LogP contribution in [-0.4, -0.2) is 22.7 Å². The summed E-state index contributed by atoms with van der Waals surface area (Å²) in [5.41, 5.74) is 2.67. The summed E-state index contributed by atoms with van der Waals surface area (Å²) in [7, 11) is 0. The molecule has 0 saturated carbocycles. The number of ether oxygens (including phenoxy) is 1. The molecule has 4 rings (SSSR count). The lowest BCUT2D eigenvalue weighted by molar-refractivity contribution is -0.274. The predicted molar refractivity (Wildman–Crippen MR) is 92.8 cm³/mol. The Morgan fingerprint density at radius 3 is 2.52 bits per heavy atom. The lowest BCUT2D eigenvalue weighted by Crippen LogP contribution is -2.17. The molecule has 1 N–H and O–H groups in total. The smallest absolute Gasteiger partial charge is 0.406 e. The van der Waals surface area contributed by atoms with E-state index in [0.717, 1.165) is 11.4 Å². The van der Waals surface area contributed by atoms with Crippen molar-refractivity contribution in [2.24, 2.45) is 0 Å². The van der Waals surface area contributed by atoms with Crippen molar-refractivity contribution in [3.05, 3.63) is 58.9 Å². The summed E-state index contributed by atoms with van der Waals surface area (Å²) in [4.78, 5) is 0. The van der Waals surface area contributed by atoms with Gasteiger partial charge in [0.1, 0.15) is 17.4 Å². The number of fused-ring (bicyclic) bond motifs is 1. The van der Waals surface area contributed by atoms with Gasteiger partial charge in [0.2, 0.25) is 0 Å². The maximum atomic E-state index is 13.3. The van der Waals surface area contributed by atoms with Crippen molar-refractivity contribution in [2.75, 3.05) is 11.9 Å². The topological polar surface area (TPSA) is 39.1 Å². The second-order valence-electron chi connectivity index (χ2n) is 5.93. The average molecular weight is 398 g/mol. The third-order valence-electron chi connectivity index (χ3n) is 4.15. The Morgan fingerprint density at radius 2 is 1.85 bits per heavy atom. The lowest BCUT2D eigenvalue weighted by atomic mass is 10.1. The Hall–Kier alpha value is -2.74. The van der Waals surface area contributed by atoms with Gasteiger partial charge in [-0.1, -0.05) is 11.6 Å². The molecule has 0 unspecified atom stereocenters. The van der Waals surface area contributed by atoms with Gasteiger partial charge in [-0.05, 0) is 48.9 Å². The fraction of sp³-hybridized carbons (Fsp3) is 0.167.